The lowest BCUT2D eigenvalue weighted by atomic mass is 10.2. The first-order valence-corrected chi connectivity index (χ1v) is 13.1. The molecule has 0 N–H and O–H groups in total. The highest BCUT2D eigenvalue weighted by molar-refractivity contribution is 7.98. The first-order valence-electron chi connectivity index (χ1n) is 9.40. The fraction of sp³-hybridized carbons (Fsp3) is 0.300. The molecule has 1 saturated heterocycles. The summed E-state index contributed by atoms with van der Waals surface area (Å²) in [6.45, 7) is 2.50. The molecule has 0 bridgehead atoms. The summed E-state index contributed by atoms with van der Waals surface area (Å²) in [5, 5.41) is 4.45. The molecular formula is C20H21ClN4O2S3. The smallest absolute Gasteiger partial charge is 0.244 e. The van der Waals surface area contributed by atoms with Crippen LogP contribution in [0.5, 0.6) is 0 Å². The van der Waals surface area contributed by atoms with E-state index >= 15 is 0 Å². The lowest BCUT2D eigenvalue weighted by Gasteiger charge is -2.31. The molecule has 0 unspecified atom stereocenters. The van der Waals surface area contributed by atoms with Gasteiger partial charge in [0, 0.05) is 54.1 Å². The van der Waals surface area contributed by atoms with Crippen molar-refractivity contribution in [2.75, 3.05) is 33.2 Å². The van der Waals surface area contributed by atoms with E-state index in [1.165, 1.54) is 22.3 Å². The topological polar surface area (TPSA) is 66.4 Å². The molecule has 0 saturated carbocycles. The summed E-state index contributed by atoms with van der Waals surface area (Å²) in [6.07, 6.45) is 1.45. The maximum Gasteiger partial charge on any atom is 0.244 e. The number of benzene rings is 1. The molecule has 1 fully saturated rings. The fourth-order valence-corrected chi connectivity index (χ4v) is 6.19. The predicted molar refractivity (Wildman–Crippen MR) is 123 cm³/mol. The van der Waals surface area contributed by atoms with Crippen molar-refractivity contribution in [3.63, 3.8) is 0 Å². The molecule has 1 aliphatic heterocycles. The van der Waals surface area contributed by atoms with E-state index in [-0.39, 0.29) is 4.90 Å². The number of hydrogen-bond donors (Lipinski definition) is 0. The number of rotatable bonds is 6. The second-order valence-corrected chi connectivity index (χ2v) is 11.2. The molecule has 0 spiro atoms. The van der Waals surface area contributed by atoms with Crippen LogP contribution in [0.4, 0.5) is 0 Å². The van der Waals surface area contributed by atoms with Gasteiger partial charge in [0.2, 0.25) is 10.0 Å². The van der Waals surface area contributed by atoms with E-state index in [0.29, 0.717) is 23.9 Å². The van der Waals surface area contributed by atoms with Gasteiger partial charge in [-0.1, -0.05) is 23.7 Å². The van der Waals surface area contributed by atoms with Crippen LogP contribution in [0, 0.1) is 0 Å². The third-order valence-corrected chi connectivity index (χ3v) is 8.87. The Morgan fingerprint density at radius 2 is 1.83 bits per heavy atom. The molecule has 158 valence electrons. The second kappa shape index (κ2) is 9.33. The summed E-state index contributed by atoms with van der Waals surface area (Å²) in [5.74, 6) is 0.668. The van der Waals surface area contributed by atoms with Gasteiger partial charge in [-0.25, -0.2) is 18.4 Å². The molecule has 0 amide bonds. The molecule has 0 aliphatic carbocycles. The molecule has 3 heterocycles. The number of pyridine rings is 1. The van der Waals surface area contributed by atoms with Crippen LogP contribution in [-0.4, -0.2) is 60.8 Å². The zero-order valence-electron chi connectivity index (χ0n) is 16.4. The number of thioether (sulfide) groups is 1. The number of nitrogens with zero attached hydrogens (tertiary/aromatic N) is 4. The van der Waals surface area contributed by atoms with E-state index in [4.69, 9.17) is 11.6 Å². The number of aromatic nitrogens is 2. The van der Waals surface area contributed by atoms with Crippen LogP contribution in [0.2, 0.25) is 5.02 Å². The van der Waals surface area contributed by atoms with Gasteiger partial charge in [-0.15, -0.1) is 23.1 Å². The summed E-state index contributed by atoms with van der Waals surface area (Å²) < 4.78 is 27.1. The Labute approximate surface area is 190 Å². The Morgan fingerprint density at radius 3 is 2.50 bits per heavy atom. The maximum atomic E-state index is 12.8. The molecule has 0 atom stereocenters. The van der Waals surface area contributed by atoms with Crippen molar-refractivity contribution in [2.24, 2.45) is 0 Å². The number of sulfonamides is 1. The lowest BCUT2D eigenvalue weighted by Crippen LogP contribution is -2.47. The van der Waals surface area contributed by atoms with Crippen LogP contribution in [0.3, 0.4) is 0 Å². The summed E-state index contributed by atoms with van der Waals surface area (Å²) in [7, 11) is -1.49. The van der Waals surface area contributed by atoms with E-state index in [1.54, 1.807) is 23.5 Å². The third-order valence-electron chi connectivity index (χ3n) is 4.82. The van der Waals surface area contributed by atoms with Crippen molar-refractivity contribution in [3.8, 4) is 10.6 Å². The van der Waals surface area contributed by atoms with Crippen LogP contribution in [0.15, 0.2) is 57.9 Å². The SMILES string of the molecule is CN1CCN(S(=O)(=O)c2ccc(SCc3csc(-c4ccc(Cl)cc4)n3)nc2)CC1. The predicted octanol–water partition coefficient (Wildman–Crippen LogP) is 4.09. The van der Waals surface area contributed by atoms with Gasteiger partial charge in [-0.3, -0.25) is 0 Å². The molecule has 4 rings (SSSR count). The number of thiazole rings is 1. The van der Waals surface area contributed by atoms with Gasteiger partial charge < -0.3 is 4.90 Å². The minimum atomic E-state index is -3.48. The van der Waals surface area contributed by atoms with Gasteiger partial charge in [0.1, 0.15) is 9.90 Å². The van der Waals surface area contributed by atoms with Gasteiger partial charge in [0.05, 0.1) is 10.7 Å². The zero-order valence-corrected chi connectivity index (χ0v) is 19.6. The van der Waals surface area contributed by atoms with Crippen molar-refractivity contribution in [1.82, 2.24) is 19.2 Å². The third kappa shape index (κ3) is 5.04. The zero-order chi connectivity index (χ0) is 21.1. The first kappa shape index (κ1) is 21.7. The van der Waals surface area contributed by atoms with Crippen molar-refractivity contribution in [1.29, 1.82) is 0 Å². The van der Waals surface area contributed by atoms with E-state index in [9.17, 15) is 8.42 Å². The van der Waals surface area contributed by atoms with E-state index in [1.807, 2.05) is 36.7 Å². The number of hydrogen-bond acceptors (Lipinski definition) is 7. The summed E-state index contributed by atoms with van der Waals surface area (Å²) in [6, 6.07) is 11.0. The summed E-state index contributed by atoms with van der Waals surface area (Å²) in [5.41, 5.74) is 2.00. The lowest BCUT2D eigenvalue weighted by molar-refractivity contribution is 0.222. The van der Waals surface area contributed by atoms with Gasteiger partial charge >= 0.3 is 0 Å². The molecule has 10 heteroatoms. The Morgan fingerprint density at radius 1 is 1.10 bits per heavy atom. The minimum Gasteiger partial charge on any atom is -0.304 e. The van der Waals surface area contributed by atoms with Crippen LogP contribution in [0.1, 0.15) is 5.69 Å². The second-order valence-electron chi connectivity index (χ2n) is 6.98. The Bertz CT molecular complexity index is 1090. The van der Waals surface area contributed by atoms with Crippen LogP contribution in [-0.2, 0) is 15.8 Å². The quantitative estimate of drug-likeness (QED) is 0.495. The molecule has 1 aliphatic rings. The average Bonchev–Trinajstić information content (AvgIpc) is 3.22. The van der Waals surface area contributed by atoms with Crippen molar-refractivity contribution >= 4 is 44.7 Å². The molecule has 1 aromatic carbocycles. The average molecular weight is 481 g/mol. The monoisotopic (exact) mass is 480 g/mol. The van der Waals surface area contributed by atoms with Gasteiger partial charge in [-0.05, 0) is 31.3 Å². The molecule has 6 nitrogen and oxygen atoms in total. The molecule has 30 heavy (non-hydrogen) atoms. The maximum absolute atomic E-state index is 12.8. The summed E-state index contributed by atoms with van der Waals surface area (Å²) in [4.78, 5) is 11.4. The standard InChI is InChI=1S/C20H21ClN4O2S3/c1-24-8-10-25(11-9-24)30(26,27)18-6-7-19(22-12-18)28-13-17-14-29-20(23-17)15-2-4-16(21)5-3-15/h2-7,12,14H,8-11,13H2,1H3. The number of halogens is 1. The van der Waals surface area contributed by atoms with E-state index in [2.05, 4.69) is 14.9 Å². The molecule has 0 radical (unpaired) electrons. The number of piperazine rings is 1. The highest BCUT2D eigenvalue weighted by Gasteiger charge is 2.27. The highest BCUT2D eigenvalue weighted by Crippen LogP contribution is 2.28. The largest absolute Gasteiger partial charge is 0.304 e. The van der Waals surface area contributed by atoms with Gasteiger partial charge in [0.25, 0.3) is 0 Å². The van der Waals surface area contributed by atoms with Crippen LogP contribution >= 0.6 is 34.7 Å². The summed E-state index contributed by atoms with van der Waals surface area (Å²) >= 11 is 9.07. The normalized spacial score (nSPS) is 16.1. The van der Waals surface area contributed by atoms with Crippen molar-refractivity contribution in [3.05, 3.63) is 58.7 Å². The Balaban J connectivity index is 1.38. The Kier molecular flexibility index (Phi) is 6.76. The molecular weight excluding hydrogens is 460 g/mol. The highest BCUT2D eigenvalue weighted by atomic mass is 35.5. The number of likely N-dealkylation sites (N-methyl/N-ethyl adjacent to an activating group) is 1. The molecule has 2 aromatic heterocycles. The molecule has 3 aromatic rings. The Hall–Kier alpha value is -1.49. The van der Waals surface area contributed by atoms with Gasteiger partial charge in [-0.2, -0.15) is 4.31 Å². The van der Waals surface area contributed by atoms with Crippen molar-refractivity contribution < 1.29 is 8.42 Å². The first-order chi connectivity index (χ1) is 14.4. The van der Waals surface area contributed by atoms with E-state index in [0.717, 1.165) is 34.4 Å². The van der Waals surface area contributed by atoms with Crippen LogP contribution < -0.4 is 0 Å². The van der Waals surface area contributed by atoms with E-state index < -0.39 is 10.0 Å². The fourth-order valence-electron chi connectivity index (χ4n) is 3.03. The minimum absolute atomic E-state index is 0.245. The van der Waals surface area contributed by atoms with Crippen molar-refractivity contribution in [2.45, 2.75) is 15.7 Å². The van der Waals surface area contributed by atoms with Crippen LogP contribution in [0.25, 0.3) is 10.6 Å². The van der Waals surface area contributed by atoms with Gasteiger partial charge in [0.15, 0.2) is 0 Å².